The molecule has 0 saturated heterocycles. The first-order chi connectivity index (χ1) is 14.8. The number of rotatable bonds is 10. The first kappa shape index (κ1) is 23.7. The average Bonchev–Trinajstić information content (AvgIpc) is 2.75. The second kappa shape index (κ2) is 10.6. The van der Waals surface area contributed by atoms with Crippen LogP contribution in [0.15, 0.2) is 71.6 Å². The van der Waals surface area contributed by atoms with Crippen LogP contribution in [0.5, 0.6) is 0 Å². The zero-order valence-electron chi connectivity index (χ0n) is 18.8. The number of benzene rings is 2. The Bertz CT molecular complexity index is 951. The van der Waals surface area contributed by atoms with Gasteiger partial charge in [-0.2, -0.15) is 8.42 Å². The molecule has 3 atom stereocenters. The first-order valence-electron chi connectivity index (χ1n) is 11.1. The van der Waals surface area contributed by atoms with Gasteiger partial charge in [-0.3, -0.25) is 4.18 Å². The summed E-state index contributed by atoms with van der Waals surface area (Å²) in [5.41, 5.74) is 2.03. The SMILES string of the molecule is Cc1ccc(S(=O)(=O)OC[C@@H]([C@@H](C)COCc2ccccc2)[C@]2(C)C=CCCC2)cc1. The summed E-state index contributed by atoms with van der Waals surface area (Å²) in [7, 11) is -3.80. The average molecular weight is 443 g/mol. The van der Waals surface area contributed by atoms with Gasteiger partial charge >= 0.3 is 0 Å². The second-order valence-electron chi connectivity index (χ2n) is 8.94. The lowest BCUT2D eigenvalue weighted by atomic mass is 9.67. The zero-order valence-corrected chi connectivity index (χ0v) is 19.6. The van der Waals surface area contributed by atoms with E-state index in [-0.39, 0.29) is 28.8 Å². The molecule has 3 rings (SSSR count). The molecule has 0 unspecified atom stereocenters. The van der Waals surface area contributed by atoms with Gasteiger partial charge in [0.05, 0.1) is 18.1 Å². The molecule has 0 fully saturated rings. The fraction of sp³-hybridized carbons (Fsp3) is 0.462. The summed E-state index contributed by atoms with van der Waals surface area (Å²) in [5, 5.41) is 0. The van der Waals surface area contributed by atoms with E-state index in [1.807, 2.05) is 37.3 Å². The Morgan fingerprint density at radius 3 is 2.39 bits per heavy atom. The first-order valence-corrected chi connectivity index (χ1v) is 12.5. The topological polar surface area (TPSA) is 52.6 Å². The molecule has 0 N–H and O–H groups in total. The van der Waals surface area contributed by atoms with Gasteiger partial charge < -0.3 is 4.74 Å². The highest BCUT2D eigenvalue weighted by Crippen LogP contribution is 2.42. The molecule has 1 aliphatic rings. The lowest BCUT2D eigenvalue weighted by Gasteiger charge is -2.40. The van der Waals surface area contributed by atoms with Crippen molar-refractivity contribution in [1.82, 2.24) is 0 Å². The third kappa shape index (κ3) is 6.52. The molecule has 0 aromatic heterocycles. The highest BCUT2D eigenvalue weighted by Gasteiger charge is 2.37. The zero-order chi connectivity index (χ0) is 22.3. The van der Waals surface area contributed by atoms with Crippen molar-refractivity contribution in [3.63, 3.8) is 0 Å². The van der Waals surface area contributed by atoms with Crippen LogP contribution < -0.4 is 0 Å². The maximum absolute atomic E-state index is 12.8. The number of hydrogen-bond donors (Lipinski definition) is 0. The molecule has 1 aliphatic carbocycles. The van der Waals surface area contributed by atoms with Gasteiger partial charge in [0, 0.05) is 6.61 Å². The molecule has 2 aromatic carbocycles. The minimum atomic E-state index is -3.80. The van der Waals surface area contributed by atoms with Crippen LogP contribution in [0.25, 0.3) is 0 Å². The van der Waals surface area contributed by atoms with Crippen LogP contribution in [0, 0.1) is 24.2 Å². The van der Waals surface area contributed by atoms with Crippen LogP contribution in [0.4, 0.5) is 0 Å². The van der Waals surface area contributed by atoms with Crippen molar-refractivity contribution in [2.45, 2.75) is 51.5 Å². The third-order valence-electron chi connectivity index (χ3n) is 6.32. The molecule has 0 bridgehead atoms. The minimum Gasteiger partial charge on any atom is -0.376 e. The summed E-state index contributed by atoms with van der Waals surface area (Å²) < 4.78 is 37.2. The van der Waals surface area contributed by atoms with E-state index in [0.29, 0.717) is 13.2 Å². The summed E-state index contributed by atoms with van der Waals surface area (Å²) in [5.74, 6) is 0.171. The van der Waals surface area contributed by atoms with Crippen molar-refractivity contribution in [1.29, 1.82) is 0 Å². The highest BCUT2D eigenvalue weighted by atomic mass is 32.2. The maximum atomic E-state index is 12.8. The van der Waals surface area contributed by atoms with Gasteiger partial charge in [0.15, 0.2) is 0 Å². The standard InChI is InChI=1S/C26H34O4S/c1-21-12-14-24(15-13-21)31(27,28)30-20-25(26(3)16-8-5-9-17-26)22(2)18-29-19-23-10-6-4-7-11-23/h4,6-8,10-16,22,25H,5,9,17-20H2,1-3H3/t22-,25-,26+/m0/s1. The number of allylic oxidation sites excluding steroid dienone is 2. The van der Waals surface area contributed by atoms with E-state index in [1.165, 1.54) is 0 Å². The molecule has 168 valence electrons. The normalized spacial score (nSPS) is 21.0. The number of ether oxygens (including phenoxy) is 1. The molecule has 0 saturated carbocycles. The van der Waals surface area contributed by atoms with E-state index in [9.17, 15) is 8.42 Å². The van der Waals surface area contributed by atoms with E-state index in [4.69, 9.17) is 8.92 Å². The monoisotopic (exact) mass is 442 g/mol. The van der Waals surface area contributed by atoms with Crippen molar-refractivity contribution in [2.24, 2.45) is 17.3 Å². The van der Waals surface area contributed by atoms with Crippen molar-refractivity contribution < 1.29 is 17.3 Å². The Morgan fingerprint density at radius 2 is 1.74 bits per heavy atom. The van der Waals surface area contributed by atoms with Crippen molar-refractivity contribution in [2.75, 3.05) is 13.2 Å². The molecule has 0 heterocycles. The Kier molecular flexibility index (Phi) is 8.09. The van der Waals surface area contributed by atoms with Crippen LogP contribution in [-0.4, -0.2) is 21.6 Å². The lowest BCUT2D eigenvalue weighted by Crippen LogP contribution is -2.37. The smallest absolute Gasteiger partial charge is 0.296 e. The van der Waals surface area contributed by atoms with Crippen molar-refractivity contribution in [3.8, 4) is 0 Å². The van der Waals surface area contributed by atoms with Gasteiger partial charge in [-0.25, -0.2) is 0 Å². The second-order valence-corrected chi connectivity index (χ2v) is 10.6. The Balaban J connectivity index is 1.69. The molecule has 0 amide bonds. The Hall–Kier alpha value is -1.95. The molecular formula is C26H34O4S. The van der Waals surface area contributed by atoms with Gasteiger partial charge in [0.25, 0.3) is 10.1 Å². The molecule has 4 nitrogen and oxygen atoms in total. The van der Waals surface area contributed by atoms with Crippen LogP contribution in [0.2, 0.25) is 0 Å². The van der Waals surface area contributed by atoms with Gasteiger partial charge in [-0.1, -0.05) is 74.0 Å². The van der Waals surface area contributed by atoms with Crippen LogP contribution in [-0.2, 0) is 25.6 Å². The maximum Gasteiger partial charge on any atom is 0.296 e. The van der Waals surface area contributed by atoms with Gasteiger partial charge in [-0.15, -0.1) is 0 Å². The van der Waals surface area contributed by atoms with Gasteiger partial charge in [0.2, 0.25) is 0 Å². The fourth-order valence-corrected chi connectivity index (χ4v) is 5.27. The lowest BCUT2D eigenvalue weighted by molar-refractivity contribution is 0.0230. The molecule has 2 aromatic rings. The summed E-state index contributed by atoms with van der Waals surface area (Å²) in [6.45, 7) is 7.52. The summed E-state index contributed by atoms with van der Waals surface area (Å²) in [4.78, 5) is 0.203. The van der Waals surface area contributed by atoms with E-state index in [2.05, 4.69) is 26.0 Å². The van der Waals surface area contributed by atoms with Crippen LogP contribution >= 0.6 is 0 Å². The van der Waals surface area contributed by atoms with E-state index in [0.717, 1.165) is 30.4 Å². The Labute approximate surface area is 187 Å². The third-order valence-corrected chi connectivity index (χ3v) is 7.62. The predicted octanol–water partition coefficient (Wildman–Crippen LogP) is 5.92. The number of aryl methyl sites for hydroxylation is 1. The summed E-state index contributed by atoms with van der Waals surface area (Å²) in [6, 6.07) is 16.9. The quantitative estimate of drug-likeness (QED) is 0.339. The van der Waals surface area contributed by atoms with Crippen LogP contribution in [0.1, 0.15) is 44.2 Å². The molecule has 0 spiro atoms. The highest BCUT2D eigenvalue weighted by molar-refractivity contribution is 7.86. The molecule has 0 radical (unpaired) electrons. The molecule has 0 aliphatic heterocycles. The van der Waals surface area contributed by atoms with E-state index in [1.54, 1.807) is 24.3 Å². The number of hydrogen-bond acceptors (Lipinski definition) is 4. The van der Waals surface area contributed by atoms with Gasteiger partial charge in [-0.05, 0) is 61.1 Å². The predicted molar refractivity (Wildman–Crippen MR) is 124 cm³/mol. The van der Waals surface area contributed by atoms with Crippen molar-refractivity contribution in [3.05, 3.63) is 77.9 Å². The molecule has 31 heavy (non-hydrogen) atoms. The summed E-state index contributed by atoms with van der Waals surface area (Å²) >= 11 is 0. The largest absolute Gasteiger partial charge is 0.376 e. The van der Waals surface area contributed by atoms with E-state index >= 15 is 0 Å². The van der Waals surface area contributed by atoms with Crippen LogP contribution in [0.3, 0.4) is 0 Å². The summed E-state index contributed by atoms with van der Waals surface area (Å²) in [6.07, 6.45) is 7.65. The fourth-order valence-electron chi connectivity index (χ4n) is 4.34. The minimum absolute atomic E-state index is 0.0278. The van der Waals surface area contributed by atoms with E-state index < -0.39 is 10.1 Å². The van der Waals surface area contributed by atoms with Crippen molar-refractivity contribution >= 4 is 10.1 Å². The Morgan fingerprint density at radius 1 is 1.03 bits per heavy atom. The van der Waals surface area contributed by atoms with Gasteiger partial charge in [0.1, 0.15) is 0 Å². The molecular weight excluding hydrogens is 408 g/mol. The molecule has 5 heteroatoms.